The van der Waals surface area contributed by atoms with Gasteiger partial charge >= 0.3 is 0 Å². The first-order valence-corrected chi connectivity index (χ1v) is 9.70. The van der Waals surface area contributed by atoms with E-state index in [0.717, 1.165) is 31.9 Å². The highest BCUT2D eigenvalue weighted by molar-refractivity contribution is 9.10. The average Bonchev–Trinajstić information content (AvgIpc) is 2.97. The Morgan fingerprint density at radius 3 is 2.85 bits per heavy atom. The fourth-order valence-corrected chi connectivity index (χ4v) is 4.27. The van der Waals surface area contributed by atoms with Gasteiger partial charge in [-0.25, -0.2) is 13.8 Å². The maximum absolute atomic E-state index is 14.0. The minimum absolute atomic E-state index is 0.000502. The van der Waals surface area contributed by atoms with E-state index >= 15 is 0 Å². The number of halogens is 3. The van der Waals surface area contributed by atoms with Gasteiger partial charge in [0.2, 0.25) is 0 Å². The van der Waals surface area contributed by atoms with E-state index in [1.807, 2.05) is 18.2 Å². The van der Waals surface area contributed by atoms with Crippen molar-refractivity contribution in [3.05, 3.63) is 62.4 Å². The van der Waals surface area contributed by atoms with Gasteiger partial charge in [-0.1, -0.05) is 15.9 Å². The van der Waals surface area contributed by atoms with Gasteiger partial charge in [-0.3, -0.25) is 4.79 Å². The van der Waals surface area contributed by atoms with Crippen LogP contribution in [-0.4, -0.2) is 24.5 Å². The van der Waals surface area contributed by atoms with Crippen LogP contribution in [0.25, 0.3) is 11.3 Å². The molecule has 0 saturated heterocycles. The highest BCUT2D eigenvalue weighted by atomic mass is 79.9. The topological polar surface area (TPSA) is 42.4 Å². The van der Waals surface area contributed by atoms with E-state index in [-0.39, 0.29) is 10.7 Å². The Labute approximate surface area is 166 Å². The van der Waals surface area contributed by atoms with E-state index in [9.17, 15) is 13.6 Å². The summed E-state index contributed by atoms with van der Waals surface area (Å²) in [4.78, 5) is 19.4. The molecule has 1 aliphatic rings. The zero-order valence-electron chi connectivity index (χ0n) is 14.1. The second kappa shape index (κ2) is 7.01. The molecule has 0 saturated carbocycles. The Kier molecular flexibility index (Phi) is 4.69. The van der Waals surface area contributed by atoms with Gasteiger partial charge in [0.1, 0.15) is 17.4 Å². The lowest BCUT2D eigenvalue weighted by molar-refractivity contribution is 0.0992. The fraction of sp³-hybridized carbons (Fsp3) is 0.158. The molecular formula is C19H13BrF2N2O2S. The number of ether oxygens (including phenoxy) is 1. The molecule has 4 rings (SSSR count). The van der Waals surface area contributed by atoms with Gasteiger partial charge in [0, 0.05) is 34.4 Å². The predicted molar refractivity (Wildman–Crippen MR) is 104 cm³/mol. The number of nitrogens with zero attached hydrogens (tertiary/aromatic N) is 2. The summed E-state index contributed by atoms with van der Waals surface area (Å²) in [5.74, 6) is -1.24. The monoisotopic (exact) mass is 450 g/mol. The molecule has 138 valence electrons. The Morgan fingerprint density at radius 1 is 1.26 bits per heavy atom. The summed E-state index contributed by atoms with van der Waals surface area (Å²) < 4.78 is 33.8. The molecule has 0 bridgehead atoms. The normalized spacial score (nSPS) is 12.6. The number of thiazole rings is 1. The predicted octanol–water partition coefficient (Wildman–Crippen LogP) is 5.06. The number of hydrogen-bond donors (Lipinski definition) is 0. The average molecular weight is 451 g/mol. The highest BCUT2D eigenvalue weighted by Gasteiger charge is 2.26. The maximum atomic E-state index is 14.0. The second-order valence-electron chi connectivity index (χ2n) is 5.99. The van der Waals surface area contributed by atoms with Crippen molar-refractivity contribution in [2.45, 2.75) is 6.42 Å². The number of amides is 1. The lowest BCUT2D eigenvalue weighted by Gasteiger charge is -2.16. The van der Waals surface area contributed by atoms with Crippen molar-refractivity contribution in [3.63, 3.8) is 0 Å². The lowest BCUT2D eigenvalue weighted by atomic mass is 10.1. The SMILES string of the molecule is CN(C(=O)c1nc2c(s1)CCOc1cc(Br)ccc1-2)c1ccc(F)cc1F. The summed E-state index contributed by atoms with van der Waals surface area (Å²) in [6.45, 7) is 0.481. The Bertz CT molecular complexity index is 1050. The third-order valence-electron chi connectivity index (χ3n) is 4.24. The molecule has 1 aromatic heterocycles. The third kappa shape index (κ3) is 3.35. The van der Waals surface area contributed by atoms with Crippen molar-refractivity contribution in [3.8, 4) is 17.0 Å². The van der Waals surface area contributed by atoms with Crippen LogP contribution in [0.2, 0.25) is 0 Å². The largest absolute Gasteiger partial charge is 0.492 e. The van der Waals surface area contributed by atoms with Crippen molar-refractivity contribution in [1.29, 1.82) is 0 Å². The number of rotatable bonds is 2. The molecule has 3 aromatic rings. The maximum Gasteiger partial charge on any atom is 0.287 e. The Morgan fingerprint density at radius 2 is 2.07 bits per heavy atom. The van der Waals surface area contributed by atoms with Gasteiger partial charge in [-0.15, -0.1) is 11.3 Å². The minimum atomic E-state index is -0.799. The van der Waals surface area contributed by atoms with Crippen LogP contribution in [0.5, 0.6) is 5.75 Å². The first-order chi connectivity index (χ1) is 12.9. The van der Waals surface area contributed by atoms with Crippen LogP contribution in [0, 0.1) is 11.6 Å². The number of benzene rings is 2. The number of anilines is 1. The van der Waals surface area contributed by atoms with Gasteiger partial charge in [0.15, 0.2) is 5.01 Å². The molecule has 0 fully saturated rings. The Balaban J connectivity index is 1.72. The van der Waals surface area contributed by atoms with Crippen molar-refractivity contribution in [2.24, 2.45) is 0 Å². The van der Waals surface area contributed by atoms with E-state index in [4.69, 9.17) is 4.74 Å². The van der Waals surface area contributed by atoms with Crippen LogP contribution < -0.4 is 9.64 Å². The van der Waals surface area contributed by atoms with Crippen molar-refractivity contribution < 1.29 is 18.3 Å². The molecule has 0 unspecified atom stereocenters. The summed E-state index contributed by atoms with van der Waals surface area (Å²) in [7, 11) is 1.44. The molecular weight excluding hydrogens is 438 g/mol. The van der Waals surface area contributed by atoms with Crippen LogP contribution in [0.1, 0.15) is 14.7 Å². The number of carbonyl (C=O) groups excluding carboxylic acids is 1. The number of fused-ring (bicyclic) bond motifs is 3. The van der Waals surface area contributed by atoms with Crippen LogP contribution in [0.15, 0.2) is 40.9 Å². The van der Waals surface area contributed by atoms with Gasteiger partial charge in [-0.05, 0) is 30.3 Å². The van der Waals surface area contributed by atoms with E-state index in [1.54, 1.807) is 0 Å². The van der Waals surface area contributed by atoms with Gasteiger partial charge < -0.3 is 9.64 Å². The van der Waals surface area contributed by atoms with Crippen LogP contribution in [-0.2, 0) is 6.42 Å². The quantitative estimate of drug-likeness (QED) is 0.547. The zero-order valence-corrected chi connectivity index (χ0v) is 16.5. The third-order valence-corrected chi connectivity index (χ3v) is 5.84. The number of aromatic nitrogens is 1. The molecule has 2 heterocycles. The summed E-state index contributed by atoms with van der Waals surface area (Å²) in [6.07, 6.45) is 0.626. The van der Waals surface area contributed by atoms with Gasteiger partial charge in [-0.2, -0.15) is 0 Å². The highest BCUT2D eigenvalue weighted by Crippen LogP contribution is 2.39. The molecule has 8 heteroatoms. The molecule has 4 nitrogen and oxygen atoms in total. The fourth-order valence-electron chi connectivity index (χ4n) is 2.89. The molecule has 0 atom stereocenters. The van der Waals surface area contributed by atoms with Gasteiger partial charge in [0.05, 0.1) is 18.0 Å². The number of hydrogen-bond acceptors (Lipinski definition) is 4. The Hall–Kier alpha value is -2.32. The van der Waals surface area contributed by atoms with Crippen molar-refractivity contribution in [2.75, 3.05) is 18.6 Å². The van der Waals surface area contributed by atoms with Crippen molar-refractivity contribution >= 4 is 38.9 Å². The summed E-state index contributed by atoms with van der Waals surface area (Å²) >= 11 is 4.69. The van der Waals surface area contributed by atoms with E-state index < -0.39 is 17.5 Å². The van der Waals surface area contributed by atoms with Crippen molar-refractivity contribution in [1.82, 2.24) is 4.98 Å². The lowest BCUT2D eigenvalue weighted by Crippen LogP contribution is -2.27. The minimum Gasteiger partial charge on any atom is -0.492 e. The van der Waals surface area contributed by atoms with E-state index in [1.165, 1.54) is 24.5 Å². The second-order valence-corrected chi connectivity index (χ2v) is 7.99. The first-order valence-electron chi connectivity index (χ1n) is 8.09. The number of carbonyl (C=O) groups is 1. The molecule has 27 heavy (non-hydrogen) atoms. The molecule has 2 aromatic carbocycles. The molecule has 1 aliphatic heterocycles. The summed E-state index contributed by atoms with van der Waals surface area (Å²) in [6, 6.07) is 8.75. The first kappa shape index (κ1) is 18.1. The van der Waals surface area contributed by atoms with Crippen LogP contribution in [0.3, 0.4) is 0 Å². The standard InChI is InChI=1S/C19H13BrF2N2O2S/c1-24(14-5-3-11(21)9-13(14)22)19(25)18-23-17-12-4-2-10(20)8-15(12)26-7-6-16(17)27-18/h2-5,8-9H,6-7H2,1H3. The van der Waals surface area contributed by atoms with Crippen LogP contribution in [0.4, 0.5) is 14.5 Å². The van der Waals surface area contributed by atoms with E-state index in [0.29, 0.717) is 24.5 Å². The molecule has 0 spiro atoms. The van der Waals surface area contributed by atoms with E-state index in [2.05, 4.69) is 20.9 Å². The zero-order chi connectivity index (χ0) is 19.1. The molecule has 0 aliphatic carbocycles. The molecule has 1 amide bonds. The summed E-state index contributed by atoms with van der Waals surface area (Å²) in [5.41, 5.74) is 1.52. The smallest absolute Gasteiger partial charge is 0.287 e. The summed E-state index contributed by atoms with van der Waals surface area (Å²) in [5, 5.41) is 0.252. The molecule has 0 N–H and O–H groups in total. The van der Waals surface area contributed by atoms with Gasteiger partial charge in [0.25, 0.3) is 5.91 Å². The van der Waals surface area contributed by atoms with Crippen LogP contribution >= 0.6 is 27.3 Å². The molecule has 0 radical (unpaired) electrons.